The molecule has 0 aliphatic carbocycles. The van der Waals surface area contributed by atoms with Gasteiger partial charge in [-0.25, -0.2) is 0 Å². The molecule has 0 aromatic heterocycles. The standard InChI is InChI=1S/C20H17Cl2NO3/c1-12-14-11-18-17(25-8-3-9-26-18)10-13(14)6-7-23(12)20(24)19-15(21)4-2-5-16(19)22/h2,4-5,10-11H,1,3,6-9H2. The molecule has 0 radical (unpaired) electrons. The van der Waals surface area contributed by atoms with Gasteiger partial charge in [0.15, 0.2) is 11.5 Å². The number of fused-ring (bicyclic) bond motifs is 2. The van der Waals surface area contributed by atoms with Crippen LogP contribution in [0, 0.1) is 0 Å². The summed E-state index contributed by atoms with van der Waals surface area (Å²) in [6, 6.07) is 8.94. The van der Waals surface area contributed by atoms with E-state index in [2.05, 4.69) is 6.58 Å². The third-order valence-corrected chi connectivity index (χ3v) is 5.27. The lowest BCUT2D eigenvalue weighted by Crippen LogP contribution is -2.35. The first-order valence-electron chi connectivity index (χ1n) is 8.44. The monoisotopic (exact) mass is 389 g/mol. The zero-order chi connectivity index (χ0) is 18.3. The molecule has 0 N–H and O–H groups in total. The molecule has 0 spiro atoms. The Hall–Kier alpha value is -2.17. The first-order valence-corrected chi connectivity index (χ1v) is 9.19. The van der Waals surface area contributed by atoms with E-state index < -0.39 is 0 Å². The number of hydrogen-bond donors (Lipinski definition) is 0. The number of amides is 1. The molecule has 0 unspecified atom stereocenters. The van der Waals surface area contributed by atoms with Crippen LogP contribution in [0.15, 0.2) is 36.9 Å². The highest BCUT2D eigenvalue weighted by molar-refractivity contribution is 6.39. The fraction of sp³-hybridized carbons (Fsp3) is 0.250. The zero-order valence-corrected chi connectivity index (χ0v) is 15.6. The zero-order valence-electron chi connectivity index (χ0n) is 14.1. The summed E-state index contributed by atoms with van der Waals surface area (Å²) in [6.07, 6.45) is 1.54. The predicted octanol–water partition coefficient (Wildman–Crippen LogP) is 4.82. The lowest BCUT2D eigenvalue weighted by atomic mass is 9.95. The maximum absolute atomic E-state index is 13.0. The molecule has 1 amide bonds. The first-order chi connectivity index (χ1) is 12.6. The van der Waals surface area contributed by atoms with Gasteiger partial charge >= 0.3 is 0 Å². The minimum atomic E-state index is -0.247. The summed E-state index contributed by atoms with van der Waals surface area (Å²) in [5.74, 6) is 1.19. The van der Waals surface area contributed by atoms with Gasteiger partial charge in [-0.05, 0) is 36.2 Å². The summed E-state index contributed by atoms with van der Waals surface area (Å²) in [7, 11) is 0. The lowest BCUT2D eigenvalue weighted by Gasteiger charge is -2.32. The summed E-state index contributed by atoms with van der Waals surface area (Å²) in [6.45, 7) is 5.89. The van der Waals surface area contributed by atoms with E-state index in [9.17, 15) is 4.79 Å². The van der Waals surface area contributed by atoms with Gasteiger partial charge in [0.05, 0.1) is 28.8 Å². The molecular weight excluding hydrogens is 373 g/mol. The van der Waals surface area contributed by atoms with Crippen LogP contribution in [0.4, 0.5) is 0 Å². The molecule has 134 valence electrons. The Morgan fingerprint density at radius 3 is 2.42 bits per heavy atom. The Morgan fingerprint density at radius 1 is 1.08 bits per heavy atom. The Morgan fingerprint density at radius 2 is 1.73 bits per heavy atom. The van der Waals surface area contributed by atoms with Crippen molar-refractivity contribution in [2.24, 2.45) is 0 Å². The maximum Gasteiger partial charge on any atom is 0.261 e. The molecule has 0 saturated heterocycles. The third kappa shape index (κ3) is 2.93. The average Bonchev–Trinajstić information content (AvgIpc) is 2.85. The second-order valence-electron chi connectivity index (χ2n) is 6.26. The van der Waals surface area contributed by atoms with Gasteiger partial charge in [-0.2, -0.15) is 0 Å². The summed E-state index contributed by atoms with van der Waals surface area (Å²) in [4.78, 5) is 14.7. The van der Waals surface area contributed by atoms with Crippen molar-refractivity contribution in [3.05, 3.63) is 63.6 Å². The lowest BCUT2D eigenvalue weighted by molar-refractivity contribution is 0.0834. The SMILES string of the molecule is C=C1c2cc3c(cc2CCN1C(=O)c1c(Cl)cccc1Cl)OCCCO3. The molecule has 2 aliphatic rings. The highest BCUT2D eigenvalue weighted by Gasteiger charge is 2.29. The third-order valence-electron chi connectivity index (χ3n) is 4.64. The molecule has 0 bridgehead atoms. The Balaban J connectivity index is 1.70. The van der Waals surface area contributed by atoms with Crippen LogP contribution < -0.4 is 9.47 Å². The van der Waals surface area contributed by atoms with Gasteiger partial charge in [-0.3, -0.25) is 4.79 Å². The van der Waals surface area contributed by atoms with Crippen molar-refractivity contribution in [1.29, 1.82) is 0 Å². The number of carbonyl (C=O) groups excluding carboxylic acids is 1. The van der Waals surface area contributed by atoms with Gasteiger partial charge in [0.2, 0.25) is 0 Å². The van der Waals surface area contributed by atoms with E-state index in [4.69, 9.17) is 32.7 Å². The molecule has 2 heterocycles. The van der Waals surface area contributed by atoms with E-state index in [0.717, 1.165) is 23.3 Å². The number of nitrogens with zero attached hydrogens (tertiary/aromatic N) is 1. The van der Waals surface area contributed by atoms with Gasteiger partial charge < -0.3 is 14.4 Å². The second kappa shape index (κ2) is 6.86. The van der Waals surface area contributed by atoms with Gasteiger partial charge in [0.25, 0.3) is 5.91 Å². The van der Waals surface area contributed by atoms with Crippen LogP contribution in [0.5, 0.6) is 11.5 Å². The molecule has 2 aromatic carbocycles. The number of ether oxygens (including phenoxy) is 2. The largest absolute Gasteiger partial charge is 0.490 e. The second-order valence-corrected chi connectivity index (χ2v) is 7.07. The molecule has 0 atom stereocenters. The quantitative estimate of drug-likeness (QED) is 0.701. The van der Waals surface area contributed by atoms with Crippen molar-refractivity contribution in [2.75, 3.05) is 19.8 Å². The van der Waals surface area contributed by atoms with E-state index in [0.29, 0.717) is 53.2 Å². The van der Waals surface area contributed by atoms with Gasteiger partial charge in [-0.1, -0.05) is 35.8 Å². The highest BCUT2D eigenvalue weighted by Crippen LogP contribution is 2.39. The van der Waals surface area contributed by atoms with Crippen LogP contribution in [0.3, 0.4) is 0 Å². The van der Waals surface area contributed by atoms with Crippen LogP contribution >= 0.6 is 23.2 Å². The Bertz CT molecular complexity index is 890. The van der Waals surface area contributed by atoms with Crippen LogP contribution in [-0.4, -0.2) is 30.6 Å². The summed E-state index contributed by atoms with van der Waals surface area (Å²) < 4.78 is 11.5. The fourth-order valence-corrected chi connectivity index (χ4v) is 3.86. The van der Waals surface area contributed by atoms with E-state index in [1.54, 1.807) is 23.1 Å². The number of benzene rings is 2. The summed E-state index contributed by atoms with van der Waals surface area (Å²) in [5, 5.41) is 0.666. The van der Waals surface area contributed by atoms with Crippen molar-refractivity contribution >= 4 is 34.8 Å². The van der Waals surface area contributed by atoms with Crippen LogP contribution in [0.25, 0.3) is 5.70 Å². The van der Waals surface area contributed by atoms with Crippen molar-refractivity contribution in [2.45, 2.75) is 12.8 Å². The van der Waals surface area contributed by atoms with Gasteiger partial charge in [0.1, 0.15) is 0 Å². The maximum atomic E-state index is 13.0. The summed E-state index contributed by atoms with van der Waals surface area (Å²) in [5.41, 5.74) is 2.89. The van der Waals surface area contributed by atoms with Crippen LogP contribution in [-0.2, 0) is 6.42 Å². The number of carbonyl (C=O) groups is 1. The van der Waals surface area contributed by atoms with Crippen molar-refractivity contribution in [3.8, 4) is 11.5 Å². The Kier molecular flexibility index (Phi) is 4.55. The van der Waals surface area contributed by atoms with Gasteiger partial charge in [-0.15, -0.1) is 0 Å². The van der Waals surface area contributed by atoms with Crippen LogP contribution in [0.1, 0.15) is 27.9 Å². The van der Waals surface area contributed by atoms with Crippen molar-refractivity contribution in [1.82, 2.24) is 4.90 Å². The van der Waals surface area contributed by atoms with E-state index in [1.165, 1.54) is 0 Å². The fourth-order valence-electron chi connectivity index (χ4n) is 3.30. The van der Waals surface area contributed by atoms with E-state index in [1.807, 2.05) is 12.1 Å². The molecular formula is C20H17Cl2NO3. The molecule has 2 aliphatic heterocycles. The number of halogens is 2. The molecule has 4 rings (SSSR count). The minimum Gasteiger partial charge on any atom is -0.490 e. The topological polar surface area (TPSA) is 38.8 Å². The number of rotatable bonds is 1. The molecule has 0 fully saturated rings. The molecule has 6 heteroatoms. The van der Waals surface area contributed by atoms with E-state index in [-0.39, 0.29) is 5.91 Å². The normalized spacial score (nSPS) is 16.1. The highest BCUT2D eigenvalue weighted by atomic mass is 35.5. The molecule has 26 heavy (non-hydrogen) atoms. The minimum absolute atomic E-state index is 0.247. The van der Waals surface area contributed by atoms with Crippen molar-refractivity contribution < 1.29 is 14.3 Å². The molecule has 0 saturated carbocycles. The predicted molar refractivity (Wildman–Crippen MR) is 102 cm³/mol. The van der Waals surface area contributed by atoms with Gasteiger partial charge in [0, 0.05) is 24.2 Å². The smallest absolute Gasteiger partial charge is 0.261 e. The molecule has 2 aromatic rings. The molecule has 4 nitrogen and oxygen atoms in total. The number of hydrogen-bond acceptors (Lipinski definition) is 3. The average molecular weight is 390 g/mol. The summed E-state index contributed by atoms with van der Waals surface area (Å²) >= 11 is 12.4. The van der Waals surface area contributed by atoms with Crippen LogP contribution in [0.2, 0.25) is 10.0 Å². The van der Waals surface area contributed by atoms with E-state index >= 15 is 0 Å². The first kappa shape index (κ1) is 17.3. The van der Waals surface area contributed by atoms with Crippen molar-refractivity contribution in [3.63, 3.8) is 0 Å². The Labute approximate surface area is 161 Å².